The Labute approximate surface area is 180 Å². The fourth-order valence-corrected chi connectivity index (χ4v) is 4.89. The molecule has 3 heteroatoms. The smallest absolute Gasteiger partial charge is 0.423 e. The van der Waals surface area contributed by atoms with E-state index in [1.54, 1.807) is 6.07 Å². The monoisotopic (exact) mass is 398 g/mol. The van der Waals surface area contributed by atoms with Gasteiger partial charge in [0, 0.05) is 0 Å². The molecule has 31 heavy (non-hydrogen) atoms. The van der Waals surface area contributed by atoms with E-state index in [9.17, 15) is 10.0 Å². The molecule has 0 radical (unpaired) electrons. The minimum absolute atomic E-state index is 0.522. The van der Waals surface area contributed by atoms with Gasteiger partial charge < -0.3 is 10.0 Å². The molecule has 146 valence electrons. The molecule has 0 fully saturated rings. The Morgan fingerprint density at radius 3 is 1.42 bits per heavy atom. The van der Waals surface area contributed by atoms with Crippen molar-refractivity contribution in [3.63, 3.8) is 0 Å². The maximum Gasteiger partial charge on any atom is 0.489 e. The highest BCUT2D eigenvalue weighted by Gasteiger charge is 2.20. The van der Waals surface area contributed by atoms with Crippen LogP contribution in [0.1, 0.15) is 0 Å². The summed E-state index contributed by atoms with van der Waals surface area (Å²) in [5.74, 6) is 0. The van der Waals surface area contributed by atoms with Crippen LogP contribution in [0.5, 0.6) is 0 Å². The quantitative estimate of drug-likeness (QED) is 0.293. The average Bonchev–Trinajstić information content (AvgIpc) is 2.81. The lowest BCUT2D eigenvalue weighted by atomic mass is 9.75. The molecule has 0 spiro atoms. The van der Waals surface area contributed by atoms with E-state index in [4.69, 9.17) is 0 Å². The van der Waals surface area contributed by atoms with Gasteiger partial charge in [-0.25, -0.2) is 0 Å². The highest BCUT2D eigenvalue weighted by Crippen LogP contribution is 2.43. The molecule has 0 heterocycles. The standard InChI is InChI=1S/C28H19BO2/c30-29(31)26-15-7-14-24-25(26)17-20-10-3-6-13-23(20)28(24)27-21-11-4-1-8-18(21)16-19-9-2-5-12-22(19)27/h1-17,30-31H. The van der Waals surface area contributed by atoms with Gasteiger partial charge in [0.15, 0.2) is 0 Å². The molecule has 0 aromatic heterocycles. The van der Waals surface area contributed by atoms with Crippen LogP contribution < -0.4 is 5.46 Å². The topological polar surface area (TPSA) is 40.5 Å². The van der Waals surface area contributed by atoms with Crippen molar-refractivity contribution >= 4 is 55.7 Å². The van der Waals surface area contributed by atoms with Gasteiger partial charge in [-0.1, -0.05) is 91.0 Å². The third kappa shape index (κ3) is 2.75. The summed E-state index contributed by atoms with van der Waals surface area (Å²) in [6, 6.07) is 35.4. The molecule has 0 saturated heterocycles. The summed E-state index contributed by atoms with van der Waals surface area (Å²) in [6.45, 7) is 0. The van der Waals surface area contributed by atoms with Crippen molar-refractivity contribution in [2.45, 2.75) is 0 Å². The zero-order chi connectivity index (χ0) is 20.9. The predicted octanol–water partition coefficient (Wildman–Crippen LogP) is 5.65. The number of fused-ring (bicyclic) bond motifs is 4. The molecule has 6 aromatic carbocycles. The highest BCUT2D eigenvalue weighted by atomic mass is 16.4. The van der Waals surface area contributed by atoms with Crippen molar-refractivity contribution in [1.29, 1.82) is 0 Å². The Bertz CT molecular complexity index is 1560. The summed E-state index contributed by atoms with van der Waals surface area (Å²) in [7, 11) is -1.53. The van der Waals surface area contributed by atoms with Crippen molar-refractivity contribution in [3.05, 3.63) is 103 Å². The van der Waals surface area contributed by atoms with Gasteiger partial charge in [0.1, 0.15) is 0 Å². The summed E-state index contributed by atoms with van der Waals surface area (Å²) in [4.78, 5) is 0. The molecule has 2 nitrogen and oxygen atoms in total. The van der Waals surface area contributed by atoms with E-state index in [0.717, 1.165) is 27.1 Å². The van der Waals surface area contributed by atoms with Gasteiger partial charge in [0.05, 0.1) is 0 Å². The maximum atomic E-state index is 10.1. The summed E-state index contributed by atoms with van der Waals surface area (Å²) in [6.07, 6.45) is 0. The Morgan fingerprint density at radius 1 is 0.419 bits per heavy atom. The zero-order valence-electron chi connectivity index (χ0n) is 16.8. The minimum atomic E-state index is -1.53. The third-order valence-electron chi connectivity index (χ3n) is 6.24. The normalized spacial score (nSPS) is 11.5. The summed E-state index contributed by atoms with van der Waals surface area (Å²) in [5, 5.41) is 29.0. The van der Waals surface area contributed by atoms with Crippen LogP contribution in [0, 0.1) is 0 Å². The lowest BCUT2D eigenvalue weighted by molar-refractivity contribution is 0.426. The maximum absolute atomic E-state index is 10.1. The number of benzene rings is 6. The average molecular weight is 398 g/mol. The van der Waals surface area contributed by atoms with E-state index in [0.29, 0.717) is 5.46 Å². The van der Waals surface area contributed by atoms with Gasteiger partial charge in [-0.2, -0.15) is 0 Å². The van der Waals surface area contributed by atoms with Crippen LogP contribution in [0.25, 0.3) is 54.2 Å². The van der Waals surface area contributed by atoms with Gasteiger partial charge >= 0.3 is 7.12 Å². The first kappa shape index (κ1) is 18.1. The zero-order valence-corrected chi connectivity index (χ0v) is 16.8. The molecule has 0 saturated carbocycles. The molecule has 6 aromatic rings. The SMILES string of the molecule is OB(O)c1cccc2c(-c3c4ccccc4cc4ccccc34)c3ccccc3cc12. The van der Waals surface area contributed by atoms with Gasteiger partial charge in [-0.3, -0.25) is 0 Å². The second-order valence-corrected chi connectivity index (χ2v) is 7.98. The molecule has 0 aliphatic rings. The summed E-state index contributed by atoms with van der Waals surface area (Å²) in [5.41, 5.74) is 2.83. The Balaban J connectivity index is 1.92. The van der Waals surface area contributed by atoms with E-state index in [1.807, 2.05) is 12.1 Å². The molecule has 0 atom stereocenters. The Hall–Kier alpha value is -3.66. The van der Waals surface area contributed by atoms with Crippen molar-refractivity contribution in [2.24, 2.45) is 0 Å². The Kier molecular flexibility index (Phi) is 4.07. The Morgan fingerprint density at radius 2 is 0.871 bits per heavy atom. The molecular formula is C28H19BO2. The molecule has 0 aliphatic carbocycles. The lowest BCUT2D eigenvalue weighted by Crippen LogP contribution is -2.30. The molecule has 0 amide bonds. The fourth-order valence-electron chi connectivity index (χ4n) is 4.89. The van der Waals surface area contributed by atoms with Crippen LogP contribution in [0.15, 0.2) is 103 Å². The second-order valence-electron chi connectivity index (χ2n) is 7.98. The van der Waals surface area contributed by atoms with Crippen LogP contribution >= 0.6 is 0 Å². The molecular weight excluding hydrogens is 379 g/mol. The van der Waals surface area contributed by atoms with Gasteiger partial charge in [0.2, 0.25) is 0 Å². The molecule has 0 aliphatic heterocycles. The summed E-state index contributed by atoms with van der Waals surface area (Å²) < 4.78 is 0. The van der Waals surface area contributed by atoms with Gasteiger partial charge in [0.25, 0.3) is 0 Å². The van der Waals surface area contributed by atoms with Gasteiger partial charge in [-0.05, 0) is 71.8 Å². The second kappa shape index (κ2) is 6.95. The van der Waals surface area contributed by atoms with E-state index in [1.165, 1.54) is 27.1 Å². The van der Waals surface area contributed by atoms with Gasteiger partial charge in [-0.15, -0.1) is 0 Å². The highest BCUT2D eigenvalue weighted by molar-refractivity contribution is 6.62. The number of rotatable bonds is 2. The van der Waals surface area contributed by atoms with Crippen molar-refractivity contribution in [3.8, 4) is 11.1 Å². The first-order valence-corrected chi connectivity index (χ1v) is 10.4. The van der Waals surface area contributed by atoms with E-state index in [2.05, 4.69) is 84.9 Å². The van der Waals surface area contributed by atoms with Crippen molar-refractivity contribution < 1.29 is 10.0 Å². The predicted molar refractivity (Wildman–Crippen MR) is 132 cm³/mol. The van der Waals surface area contributed by atoms with Crippen LogP contribution in [0.2, 0.25) is 0 Å². The molecule has 0 bridgehead atoms. The first-order valence-electron chi connectivity index (χ1n) is 10.4. The molecule has 6 rings (SSSR count). The van der Waals surface area contributed by atoms with Crippen LogP contribution in [0.4, 0.5) is 0 Å². The van der Waals surface area contributed by atoms with Crippen molar-refractivity contribution in [1.82, 2.24) is 0 Å². The van der Waals surface area contributed by atoms with Crippen LogP contribution in [0.3, 0.4) is 0 Å². The number of hydrogen-bond acceptors (Lipinski definition) is 2. The van der Waals surface area contributed by atoms with E-state index in [-0.39, 0.29) is 0 Å². The molecule has 0 unspecified atom stereocenters. The van der Waals surface area contributed by atoms with Crippen LogP contribution in [-0.2, 0) is 0 Å². The number of hydrogen-bond donors (Lipinski definition) is 2. The van der Waals surface area contributed by atoms with E-state index < -0.39 is 7.12 Å². The lowest BCUT2D eigenvalue weighted by Gasteiger charge is -2.18. The minimum Gasteiger partial charge on any atom is -0.423 e. The molecule has 2 N–H and O–H groups in total. The first-order chi connectivity index (χ1) is 15.2. The summed E-state index contributed by atoms with van der Waals surface area (Å²) >= 11 is 0. The largest absolute Gasteiger partial charge is 0.489 e. The van der Waals surface area contributed by atoms with Crippen LogP contribution in [-0.4, -0.2) is 17.2 Å². The van der Waals surface area contributed by atoms with E-state index >= 15 is 0 Å². The van der Waals surface area contributed by atoms with Crippen molar-refractivity contribution in [2.75, 3.05) is 0 Å². The fraction of sp³-hybridized carbons (Fsp3) is 0. The third-order valence-corrected chi connectivity index (χ3v) is 6.24.